The number of aromatic hydroxyl groups is 4. The molecule has 10 aromatic rings. The van der Waals surface area contributed by atoms with Crippen LogP contribution in [-0.4, -0.2) is 156 Å². The number of rotatable bonds is 10. The van der Waals surface area contributed by atoms with Gasteiger partial charge in [-0.25, -0.2) is 34.1 Å². The summed E-state index contributed by atoms with van der Waals surface area (Å²) in [6.45, 7) is 8.80. The van der Waals surface area contributed by atoms with Crippen LogP contribution in [0.4, 0.5) is 18.9 Å². The molecule has 0 bridgehead atoms. The number of carbonyl (C=O) groups is 6. The summed E-state index contributed by atoms with van der Waals surface area (Å²) in [4.78, 5) is 118. The van der Waals surface area contributed by atoms with E-state index in [2.05, 4.69) is 58.5 Å². The number of methoxy groups -OCH3 is 9. The molecule has 10 rings (SSSR count). The molecule has 0 unspecified atom stereocenters. The number of nitrogens with one attached hydrogen (secondary N) is 3. The van der Waals surface area contributed by atoms with Crippen molar-refractivity contribution >= 4 is 74.5 Å². The van der Waals surface area contributed by atoms with Crippen molar-refractivity contribution in [2.45, 2.75) is 47.7 Å². The van der Waals surface area contributed by atoms with Crippen LogP contribution in [0.3, 0.4) is 0 Å². The summed E-state index contributed by atoms with van der Waals surface area (Å²) in [6.07, 6.45) is -0.850. The molecule has 0 aliphatic carbocycles. The summed E-state index contributed by atoms with van der Waals surface area (Å²) in [6, 6.07) is 24.0. The molecule has 0 radical (unpaired) electrons. The van der Waals surface area contributed by atoms with Gasteiger partial charge < -0.3 is 95.3 Å². The fourth-order valence-electron chi connectivity index (χ4n) is 7.47. The average molecular weight is 1550 g/mol. The number of hydrogen-bond acceptors (Lipinski definition) is 28. The molecule has 0 aliphatic rings. The van der Waals surface area contributed by atoms with Gasteiger partial charge in [-0.2, -0.15) is 13.2 Å². The molecule has 0 saturated carbocycles. The minimum Gasteiger partial charge on any atom is -1.00 e. The van der Waals surface area contributed by atoms with E-state index in [9.17, 15) is 61.7 Å². The third-order valence-electron chi connectivity index (χ3n) is 13.0. The number of nitrogen functional groups attached to an aromatic ring is 1. The van der Waals surface area contributed by atoms with Gasteiger partial charge in [0.05, 0.1) is 158 Å². The van der Waals surface area contributed by atoms with E-state index in [0.29, 0.717) is 56.5 Å². The Balaban J connectivity index is 0. The number of halogens is 3. The van der Waals surface area contributed by atoms with Crippen molar-refractivity contribution in [3.63, 3.8) is 0 Å². The molecule has 0 atom stereocenters. The summed E-state index contributed by atoms with van der Waals surface area (Å²) >= 11 is 0. The maximum Gasteiger partial charge on any atom is 1.00 e. The summed E-state index contributed by atoms with van der Waals surface area (Å²) in [7, 11) is -7.85. The molecular formula is C70H76F3K2N7O24. The van der Waals surface area contributed by atoms with Crippen molar-refractivity contribution in [2.24, 2.45) is 0 Å². The number of alkyl halides is 3. The molecule has 3 heterocycles. The molecular weight excluding hydrogens is 1460 g/mol. The zero-order valence-electron chi connectivity index (χ0n) is 74.1. The summed E-state index contributed by atoms with van der Waals surface area (Å²) in [5.41, 5.74) is 10.1. The van der Waals surface area contributed by atoms with Gasteiger partial charge in [0.25, 0.3) is 23.2 Å². The van der Waals surface area contributed by atoms with E-state index in [1.807, 2.05) is 0 Å². The Kier molecular flexibility index (Phi) is 32.5. The van der Waals surface area contributed by atoms with Gasteiger partial charge in [-0.15, -0.1) is 0 Å². The number of hydrogen-bond donors (Lipinski definition) is 8. The van der Waals surface area contributed by atoms with E-state index in [1.54, 1.807) is 71.0 Å². The first kappa shape index (κ1) is 71.6. The first-order valence-electron chi connectivity index (χ1n) is 35.9. The summed E-state index contributed by atoms with van der Waals surface area (Å²) in [5.74, 6) is -4.51. The number of Topliss-reactive ketones (excluding diaryl/α,β-unsaturated/α-hetero) is 1. The molecule has 0 spiro atoms. The molecule has 31 nitrogen and oxygen atoms in total. The van der Waals surface area contributed by atoms with E-state index in [-0.39, 0.29) is 207 Å². The van der Waals surface area contributed by atoms with Crippen LogP contribution in [0.2, 0.25) is 0 Å². The Morgan fingerprint density at radius 3 is 1.17 bits per heavy atom. The third-order valence-corrected chi connectivity index (χ3v) is 13.0. The number of anilines is 1. The molecule has 558 valence electrons. The van der Waals surface area contributed by atoms with Gasteiger partial charge in [-0.1, -0.05) is 12.1 Å². The van der Waals surface area contributed by atoms with Crippen LogP contribution in [0.25, 0.3) is 32.7 Å². The van der Waals surface area contributed by atoms with Gasteiger partial charge >= 0.3 is 133 Å². The van der Waals surface area contributed by atoms with Crippen LogP contribution in [0, 0.1) is 34.6 Å². The van der Waals surface area contributed by atoms with Gasteiger partial charge in [0.1, 0.15) is 28.7 Å². The quantitative estimate of drug-likeness (QED) is 0.0142. The number of aromatic amines is 3. The predicted molar refractivity (Wildman–Crippen MR) is 371 cm³/mol. The number of nitrogens with two attached hydrogens (primary N) is 1. The Bertz CT molecular complexity index is 5060. The molecule has 7 aromatic carbocycles. The number of ether oxygens (including phenoxy) is 9. The number of phenolic OH excluding ortho intramolecular Hbond substituents is 4. The zero-order chi connectivity index (χ0) is 91.2. The Hall–Kier alpha value is -10.00. The van der Waals surface area contributed by atoms with E-state index >= 15 is 0 Å². The number of phenols is 4. The SMILES string of the molecule is CC(=O)C(F)(F)F.COC(=O)c1ccc(C)c(O)c1.COC(=O)c1ccc(O)c(O)c1.O=CO[O-].[2H]C([2H])([2H])Oc1cc(C(=O)OC)c(N)cc1C.[2H]C([2H])([2H])Oc1cc(C(=O)OC)ccc1C.[2H]C([2H])([2H])Oc1cc2c(=O)[nH]cnc2cc1C.[2H]C([2H])([2H])Oc1cc2c(=O)[nH]cnc2cc1C.[2H]C([2H])([2H])Oc1cc2c(=O)[nH]cnc2cc1O.[H-].[K+].[K+]. The van der Waals surface area contributed by atoms with Crippen molar-refractivity contribution in [3.8, 4) is 51.7 Å². The molecule has 9 N–H and O–H groups in total. The van der Waals surface area contributed by atoms with Crippen molar-refractivity contribution < 1.29 is 240 Å². The van der Waals surface area contributed by atoms with E-state index in [4.69, 9.17) is 65.5 Å². The molecule has 0 fully saturated rings. The largest absolute Gasteiger partial charge is 1.00 e. The standard InChI is InChI=1S/2C10H10N2O2.C10H13NO3.C10H12O3.C9H8N2O3.C9H10O3.C8H8O4.C3H3F3O.CH2O3.2K.H/c2*1-6-3-8-7(4-9(6)14-2)10(13)12-5-11-8;1-6-4-8(11)7(10(12)14-3)5-9(6)13-2;1-7-4-5-8(10(11)13-3)6-9(7)12-2;1-14-8-2-5-6(3-7(8)12)10-4-11-9(5)13;1-6-3-4-7(5-8(6)10)9(11)12-2;1-12-8(11)5-2-3-6(9)7(10)4-5;1-2(7)3(4,5)6;2-1-4-3;;;/h2*3-5H,1-2H3,(H,11,12,13);4-5H,11H2,1-3H3;4-6H,1-3H3;2-4,12H,1H3,(H,10,11,13);3-5,10H,1-2H3;2-4,9-10H,1H3;1H3;1,3H;;;/q;;;;;;;;;2*+1;-1/p-1/i4*2D3;1D3;;;;;;;. The number of H-pyrrole nitrogens is 3. The number of aromatic nitrogens is 6. The monoisotopic (exact) mass is 1550 g/mol. The van der Waals surface area contributed by atoms with Gasteiger partial charge in [0.15, 0.2) is 23.0 Å². The molecule has 106 heavy (non-hydrogen) atoms. The second-order valence-electron chi connectivity index (χ2n) is 19.9. The van der Waals surface area contributed by atoms with Gasteiger partial charge in [-0.3, -0.25) is 24.0 Å². The van der Waals surface area contributed by atoms with Gasteiger partial charge in [-0.05, 0) is 147 Å². The smallest absolute Gasteiger partial charge is 1.00 e. The molecule has 36 heteroatoms. The number of carbonyl (C=O) groups excluding carboxylic acids is 6. The van der Waals surface area contributed by atoms with Crippen molar-refractivity contribution in [1.82, 2.24) is 29.9 Å². The predicted octanol–water partition coefficient (Wildman–Crippen LogP) is 2.34. The van der Waals surface area contributed by atoms with E-state index < -0.39 is 76.6 Å². The molecule has 0 aliphatic heterocycles. The van der Waals surface area contributed by atoms with E-state index in [1.165, 1.54) is 102 Å². The first-order chi connectivity index (χ1) is 54.8. The van der Waals surface area contributed by atoms with Gasteiger partial charge in [0, 0.05) is 18.7 Å². The Morgan fingerprint density at radius 1 is 0.472 bits per heavy atom. The fourth-order valence-corrected chi connectivity index (χ4v) is 7.47. The number of fused-ring (bicyclic) bond motifs is 3. The second-order valence-corrected chi connectivity index (χ2v) is 19.9. The maximum absolute atomic E-state index is 11.5. The fraction of sp³-hybridized carbons (Fsp3) is 0.229. The minimum absolute atomic E-state index is 0. The van der Waals surface area contributed by atoms with Crippen molar-refractivity contribution in [1.29, 1.82) is 0 Å². The Labute approximate surface area is 710 Å². The molecule has 3 aromatic heterocycles. The number of esters is 4. The van der Waals surface area contributed by atoms with Crippen LogP contribution in [0.5, 0.6) is 51.7 Å². The number of ketones is 1. The van der Waals surface area contributed by atoms with Crippen LogP contribution >= 0.6 is 0 Å². The third kappa shape index (κ3) is 30.2. The first-order valence-corrected chi connectivity index (χ1v) is 28.4. The second kappa shape index (κ2) is 48.2. The summed E-state index contributed by atoms with van der Waals surface area (Å²) < 4.78 is 179. The number of aryl methyl sites for hydroxylation is 5. The molecule has 0 saturated heterocycles. The minimum atomic E-state index is -4.64. The normalized spacial score (nSPS) is 12.3. The maximum atomic E-state index is 11.5. The van der Waals surface area contributed by atoms with Crippen molar-refractivity contribution in [3.05, 3.63) is 203 Å². The Morgan fingerprint density at radius 2 is 0.802 bits per heavy atom. The number of benzene rings is 7. The van der Waals surface area contributed by atoms with E-state index in [0.717, 1.165) is 17.7 Å². The topological polar surface area (TPSA) is 462 Å². The van der Waals surface area contributed by atoms with Crippen molar-refractivity contribution in [2.75, 3.05) is 69.4 Å². The van der Waals surface area contributed by atoms with Crippen LogP contribution in [0.15, 0.2) is 136 Å². The molecule has 0 amide bonds. The number of nitrogens with zero attached hydrogens (tertiary/aromatic N) is 3. The van der Waals surface area contributed by atoms with Crippen LogP contribution in [-0.2, 0) is 33.4 Å². The van der Waals surface area contributed by atoms with Crippen LogP contribution in [0.1, 0.15) is 98.2 Å². The zero-order valence-corrected chi connectivity index (χ0v) is 64.4. The summed E-state index contributed by atoms with van der Waals surface area (Å²) in [5, 5.41) is 45.8. The van der Waals surface area contributed by atoms with Crippen LogP contribution < -0.4 is 154 Å². The van der Waals surface area contributed by atoms with Gasteiger partial charge in [0.2, 0.25) is 5.78 Å². The average Bonchev–Trinajstić information content (AvgIpc) is 0.812.